The normalized spacial score (nSPS) is 12.4. The van der Waals surface area contributed by atoms with Crippen LogP contribution in [0, 0.1) is 0 Å². The van der Waals surface area contributed by atoms with E-state index in [1.807, 2.05) is 11.3 Å². The van der Waals surface area contributed by atoms with Gasteiger partial charge in [-0.25, -0.2) is 0 Å². The minimum Gasteiger partial charge on any atom is -0.386 e. The van der Waals surface area contributed by atoms with Gasteiger partial charge in [0.05, 0.1) is 0 Å². The number of rotatable bonds is 5. The molecule has 1 N–H and O–H groups in total. The quantitative estimate of drug-likeness (QED) is 0.186. The van der Waals surface area contributed by atoms with Gasteiger partial charge < -0.3 is 10.2 Å². The van der Waals surface area contributed by atoms with Crippen molar-refractivity contribution in [3.8, 4) is 22.3 Å². The molecule has 1 aliphatic heterocycles. The maximum atomic E-state index is 3.38. The molecule has 3 heteroatoms. The van der Waals surface area contributed by atoms with Gasteiger partial charge in [0.1, 0.15) is 0 Å². The van der Waals surface area contributed by atoms with E-state index >= 15 is 0 Å². The minimum absolute atomic E-state index is 0.889. The van der Waals surface area contributed by atoms with Gasteiger partial charge in [0.25, 0.3) is 0 Å². The Kier molecular flexibility index (Phi) is 6.78. The fourth-order valence-electron chi connectivity index (χ4n) is 7.65. The van der Waals surface area contributed by atoms with Crippen molar-refractivity contribution in [2.24, 2.45) is 0 Å². The third-order valence-corrected chi connectivity index (χ3v) is 11.4. The molecule has 50 heavy (non-hydrogen) atoms. The van der Waals surface area contributed by atoms with Crippen LogP contribution in [-0.4, -0.2) is 0 Å². The lowest BCUT2D eigenvalue weighted by atomic mass is 9.96. The predicted octanol–water partition coefficient (Wildman–Crippen LogP) is 13.2. The monoisotopic (exact) mass is 656 g/mol. The summed E-state index contributed by atoms with van der Waals surface area (Å²) in [6, 6.07) is 60.0. The summed E-state index contributed by atoms with van der Waals surface area (Å²) in [6.45, 7) is 0.889. The van der Waals surface area contributed by atoms with Crippen LogP contribution in [0.25, 0.3) is 70.7 Å². The summed E-state index contributed by atoms with van der Waals surface area (Å²) in [5.74, 6) is 0. The van der Waals surface area contributed by atoms with Crippen LogP contribution in [0.1, 0.15) is 10.4 Å². The lowest BCUT2D eigenvalue weighted by Gasteiger charge is -2.26. The highest BCUT2D eigenvalue weighted by Gasteiger charge is 2.18. The Morgan fingerprint density at radius 1 is 0.460 bits per heavy atom. The number of hydrogen-bond acceptors (Lipinski definition) is 3. The van der Waals surface area contributed by atoms with Gasteiger partial charge >= 0.3 is 0 Å². The summed E-state index contributed by atoms with van der Waals surface area (Å²) in [6.07, 6.45) is 4.27. The summed E-state index contributed by atoms with van der Waals surface area (Å²) >= 11 is 1.90. The molecule has 0 fully saturated rings. The second-order valence-electron chi connectivity index (χ2n) is 13.0. The average molecular weight is 657 g/mol. The van der Waals surface area contributed by atoms with Crippen LogP contribution >= 0.6 is 11.3 Å². The molecule has 0 radical (unpaired) electrons. The second kappa shape index (κ2) is 11.8. The molecule has 2 heterocycles. The summed E-state index contributed by atoms with van der Waals surface area (Å²) in [4.78, 5) is 3.78. The number of fused-ring (bicyclic) bond motifs is 8. The van der Waals surface area contributed by atoms with Crippen LogP contribution in [-0.2, 0) is 6.54 Å². The number of thiophene rings is 1. The van der Waals surface area contributed by atoms with Crippen LogP contribution in [0.4, 0.5) is 17.1 Å². The largest absolute Gasteiger partial charge is 0.386 e. The predicted molar refractivity (Wildman–Crippen MR) is 216 cm³/mol. The Bertz CT molecular complexity index is 2740. The van der Waals surface area contributed by atoms with Crippen molar-refractivity contribution in [3.63, 3.8) is 0 Å². The molecule has 0 amide bonds. The van der Waals surface area contributed by atoms with Crippen molar-refractivity contribution < 1.29 is 0 Å². The Morgan fingerprint density at radius 3 is 1.88 bits per heavy atom. The van der Waals surface area contributed by atoms with Crippen molar-refractivity contribution >= 4 is 76.9 Å². The highest BCUT2D eigenvalue weighted by Crippen LogP contribution is 2.42. The second-order valence-corrected chi connectivity index (χ2v) is 14.1. The SMILES string of the molecule is C1=Cc2c(sc3c(-c4ccc(N(c5ccc(-c6ccccc6)cc5)c5ccc6c(ccc7c8ccccc8ccc67)c5)cc4)cccc23)CN1. The van der Waals surface area contributed by atoms with Crippen LogP contribution in [0.15, 0.2) is 170 Å². The average Bonchev–Trinajstić information content (AvgIpc) is 3.58. The Balaban J connectivity index is 1.09. The number of nitrogens with zero attached hydrogens (tertiary/aromatic N) is 1. The molecule has 1 aromatic heterocycles. The molecule has 0 saturated carbocycles. The number of hydrogen-bond donors (Lipinski definition) is 1. The van der Waals surface area contributed by atoms with E-state index in [1.54, 1.807) is 0 Å². The number of anilines is 3. The number of benzene rings is 8. The fraction of sp³-hybridized carbons (Fsp3) is 0.0213. The molecule has 0 saturated heterocycles. The van der Waals surface area contributed by atoms with Gasteiger partial charge in [-0.05, 0) is 109 Å². The molecule has 0 unspecified atom stereocenters. The van der Waals surface area contributed by atoms with Gasteiger partial charge in [-0.15, -0.1) is 11.3 Å². The first kappa shape index (κ1) is 28.8. The molecule has 9 aromatic rings. The first-order chi connectivity index (χ1) is 24.8. The molecule has 236 valence electrons. The van der Waals surface area contributed by atoms with E-state index in [4.69, 9.17) is 0 Å². The first-order valence-corrected chi connectivity index (χ1v) is 17.9. The number of nitrogens with one attached hydrogen (secondary N) is 1. The molecule has 0 atom stereocenters. The highest BCUT2D eigenvalue weighted by atomic mass is 32.1. The zero-order valence-corrected chi connectivity index (χ0v) is 28.1. The van der Waals surface area contributed by atoms with E-state index in [-0.39, 0.29) is 0 Å². The van der Waals surface area contributed by atoms with E-state index < -0.39 is 0 Å². The van der Waals surface area contributed by atoms with Crippen molar-refractivity contribution in [3.05, 3.63) is 180 Å². The third kappa shape index (κ3) is 4.78. The van der Waals surface area contributed by atoms with Gasteiger partial charge in [-0.1, -0.05) is 127 Å². The van der Waals surface area contributed by atoms with E-state index in [2.05, 4.69) is 186 Å². The standard InChI is InChI=1S/C47H32N2S/c1-2-7-31(8-3-1)32-13-19-36(20-14-32)49(38-23-26-40-35(29-38)18-25-42-39-10-5-4-9-33(39)17-24-43(40)42)37-21-15-34(16-22-37)41-11-6-12-45-44-27-28-48-30-46(44)50-47(41)45/h1-29,48H,30H2. The van der Waals surface area contributed by atoms with E-state index in [1.165, 1.54) is 75.1 Å². The summed E-state index contributed by atoms with van der Waals surface area (Å²) in [5.41, 5.74) is 9.66. The lowest BCUT2D eigenvalue weighted by Crippen LogP contribution is -2.09. The summed E-state index contributed by atoms with van der Waals surface area (Å²) in [7, 11) is 0. The van der Waals surface area contributed by atoms with Gasteiger partial charge in [0, 0.05) is 38.6 Å². The highest BCUT2D eigenvalue weighted by molar-refractivity contribution is 7.20. The Hall–Kier alpha value is -6.16. The van der Waals surface area contributed by atoms with Gasteiger partial charge in [0.2, 0.25) is 0 Å². The van der Waals surface area contributed by atoms with E-state index in [9.17, 15) is 0 Å². The molecular formula is C47H32N2S. The van der Waals surface area contributed by atoms with Crippen molar-refractivity contribution in [1.82, 2.24) is 5.32 Å². The zero-order chi connectivity index (χ0) is 33.0. The van der Waals surface area contributed by atoms with E-state index in [0.29, 0.717) is 0 Å². The molecule has 1 aliphatic rings. The maximum Gasteiger partial charge on any atom is 0.0495 e. The summed E-state index contributed by atoms with van der Waals surface area (Å²) in [5, 5.41) is 12.3. The zero-order valence-electron chi connectivity index (χ0n) is 27.3. The minimum atomic E-state index is 0.889. The molecule has 10 rings (SSSR count). The molecule has 0 spiro atoms. The van der Waals surface area contributed by atoms with Gasteiger partial charge in [0.15, 0.2) is 0 Å². The molecule has 0 aliphatic carbocycles. The lowest BCUT2D eigenvalue weighted by molar-refractivity contribution is 0.878. The maximum absolute atomic E-state index is 3.38. The van der Waals surface area contributed by atoms with Crippen LogP contribution in [0.3, 0.4) is 0 Å². The first-order valence-electron chi connectivity index (χ1n) is 17.1. The van der Waals surface area contributed by atoms with Crippen molar-refractivity contribution in [2.75, 3.05) is 4.90 Å². The third-order valence-electron chi connectivity index (χ3n) is 10.1. The topological polar surface area (TPSA) is 15.3 Å². The molecule has 8 aromatic carbocycles. The van der Waals surface area contributed by atoms with Crippen LogP contribution < -0.4 is 10.2 Å². The smallest absolute Gasteiger partial charge is 0.0495 e. The Labute approximate surface area is 295 Å². The molecule has 0 bridgehead atoms. The van der Waals surface area contributed by atoms with Crippen LogP contribution in [0.5, 0.6) is 0 Å². The van der Waals surface area contributed by atoms with E-state index in [0.717, 1.165) is 23.6 Å². The molecular weight excluding hydrogens is 625 g/mol. The summed E-state index contributed by atoms with van der Waals surface area (Å²) < 4.78 is 1.35. The fourth-order valence-corrected chi connectivity index (χ4v) is 8.92. The van der Waals surface area contributed by atoms with Crippen molar-refractivity contribution in [1.29, 1.82) is 0 Å². The van der Waals surface area contributed by atoms with Gasteiger partial charge in [-0.2, -0.15) is 0 Å². The Morgan fingerprint density at radius 2 is 1.08 bits per heavy atom. The van der Waals surface area contributed by atoms with Crippen LogP contribution in [0.2, 0.25) is 0 Å². The van der Waals surface area contributed by atoms with Crippen molar-refractivity contribution in [2.45, 2.75) is 6.54 Å². The molecule has 2 nitrogen and oxygen atoms in total. The van der Waals surface area contributed by atoms with Gasteiger partial charge in [-0.3, -0.25) is 0 Å².